The van der Waals surface area contributed by atoms with Crippen LogP contribution < -0.4 is 0 Å². The van der Waals surface area contributed by atoms with E-state index >= 15 is 0 Å². The van der Waals surface area contributed by atoms with Gasteiger partial charge in [-0.1, -0.05) is 32.9 Å². The minimum atomic E-state index is 0.00410. The molecule has 0 saturated carbocycles. The van der Waals surface area contributed by atoms with E-state index in [4.69, 9.17) is 4.98 Å². The van der Waals surface area contributed by atoms with Crippen molar-refractivity contribution in [1.29, 1.82) is 0 Å². The quantitative estimate of drug-likeness (QED) is 0.691. The van der Waals surface area contributed by atoms with Crippen LogP contribution in [0.4, 0.5) is 0 Å². The lowest BCUT2D eigenvalue weighted by Crippen LogP contribution is -2.18. The van der Waals surface area contributed by atoms with Gasteiger partial charge in [0, 0.05) is 11.6 Å². The molecule has 1 N–H and O–H groups in total. The number of hydrogen-bond donors (Lipinski definition) is 1. The molecule has 0 fully saturated rings. The second-order valence-corrected chi connectivity index (χ2v) is 5.56. The van der Waals surface area contributed by atoms with Crippen LogP contribution in [0.25, 0.3) is 16.9 Å². The van der Waals surface area contributed by atoms with Gasteiger partial charge in [-0.2, -0.15) is 0 Å². The molecule has 0 atom stereocenters. The number of hydrogen-bond acceptors (Lipinski definition) is 1. The summed E-state index contributed by atoms with van der Waals surface area (Å²) in [6.45, 7) is 6.56. The van der Waals surface area contributed by atoms with Crippen molar-refractivity contribution in [2.75, 3.05) is 0 Å². The zero-order chi connectivity index (χ0) is 12.8. The van der Waals surface area contributed by atoms with Gasteiger partial charge in [-0.3, -0.25) is 4.57 Å². The number of fused-ring (bicyclic) bond motifs is 1. The summed E-state index contributed by atoms with van der Waals surface area (Å²) in [5.41, 5.74) is 2.19. The van der Waals surface area contributed by atoms with E-state index in [1.54, 1.807) is 0 Å². The third-order valence-corrected chi connectivity index (χ3v) is 3.05. The summed E-state index contributed by atoms with van der Waals surface area (Å²) >= 11 is 0. The number of benzene rings is 1. The van der Waals surface area contributed by atoms with Crippen molar-refractivity contribution in [3.05, 3.63) is 48.4 Å². The normalized spacial score (nSPS) is 12.2. The van der Waals surface area contributed by atoms with Gasteiger partial charge in [0.05, 0.1) is 11.0 Å². The summed E-state index contributed by atoms with van der Waals surface area (Å²) in [4.78, 5) is 8.05. The first kappa shape index (κ1) is 11.1. The van der Waals surface area contributed by atoms with Gasteiger partial charge >= 0.3 is 0 Å². The molecule has 0 radical (unpaired) electrons. The van der Waals surface area contributed by atoms with E-state index in [-0.39, 0.29) is 5.41 Å². The lowest BCUT2D eigenvalue weighted by Gasteiger charge is -2.19. The molecule has 0 aliphatic rings. The molecule has 2 aromatic heterocycles. The second-order valence-electron chi connectivity index (χ2n) is 5.56. The Balaban J connectivity index is 2.39. The molecule has 0 aliphatic carbocycles. The first-order valence-electron chi connectivity index (χ1n) is 6.19. The van der Waals surface area contributed by atoms with Crippen LogP contribution in [-0.2, 0) is 5.41 Å². The van der Waals surface area contributed by atoms with Gasteiger partial charge in [-0.05, 0) is 24.3 Å². The van der Waals surface area contributed by atoms with Gasteiger partial charge in [-0.25, -0.2) is 4.98 Å². The van der Waals surface area contributed by atoms with Crippen LogP contribution in [0, 0.1) is 0 Å². The average molecular weight is 239 g/mol. The summed E-state index contributed by atoms with van der Waals surface area (Å²) in [5, 5.41) is 0. The standard InChI is InChI=1S/C15H17N3/c1-15(2,3)14-17-11-7-4-5-8-12(11)18(14)13-9-6-10-16-13/h4-10,16H,1-3H3. The SMILES string of the molecule is CC(C)(C)c1nc2ccccc2n1-c1ccc[nH]1. The summed E-state index contributed by atoms with van der Waals surface area (Å²) in [6.07, 6.45) is 1.94. The highest BCUT2D eigenvalue weighted by molar-refractivity contribution is 5.78. The number of nitrogens with zero attached hydrogens (tertiary/aromatic N) is 2. The summed E-state index contributed by atoms with van der Waals surface area (Å²) in [7, 11) is 0. The molecule has 3 rings (SSSR count). The number of aromatic nitrogens is 3. The number of para-hydroxylation sites is 2. The van der Waals surface area contributed by atoms with E-state index in [9.17, 15) is 0 Å². The predicted molar refractivity (Wildman–Crippen MR) is 74.1 cm³/mol. The Kier molecular flexibility index (Phi) is 2.30. The molecule has 92 valence electrons. The van der Waals surface area contributed by atoms with Crippen LogP contribution in [0.5, 0.6) is 0 Å². The molecule has 0 amide bonds. The van der Waals surface area contributed by atoms with E-state index in [1.165, 1.54) is 0 Å². The summed E-state index contributed by atoms with van der Waals surface area (Å²) < 4.78 is 2.20. The lowest BCUT2D eigenvalue weighted by atomic mass is 9.95. The van der Waals surface area contributed by atoms with Crippen LogP contribution in [0.3, 0.4) is 0 Å². The zero-order valence-electron chi connectivity index (χ0n) is 10.9. The smallest absolute Gasteiger partial charge is 0.121 e. The minimum Gasteiger partial charge on any atom is -0.348 e. The summed E-state index contributed by atoms with van der Waals surface area (Å²) in [5.74, 6) is 2.14. The third kappa shape index (κ3) is 1.63. The number of aromatic amines is 1. The Morgan fingerprint density at radius 3 is 2.50 bits per heavy atom. The van der Waals surface area contributed by atoms with Gasteiger partial charge in [0.2, 0.25) is 0 Å². The van der Waals surface area contributed by atoms with Crippen LogP contribution in [-0.4, -0.2) is 14.5 Å². The van der Waals surface area contributed by atoms with Gasteiger partial charge in [0.1, 0.15) is 11.6 Å². The van der Waals surface area contributed by atoms with Gasteiger partial charge in [0.15, 0.2) is 0 Å². The van der Waals surface area contributed by atoms with E-state index in [2.05, 4.69) is 54.6 Å². The fourth-order valence-corrected chi connectivity index (χ4v) is 2.23. The molecule has 3 aromatic rings. The molecule has 0 unspecified atom stereocenters. The van der Waals surface area contributed by atoms with Gasteiger partial charge in [-0.15, -0.1) is 0 Å². The second kappa shape index (κ2) is 3.73. The van der Waals surface area contributed by atoms with Crippen molar-refractivity contribution in [3.8, 4) is 5.82 Å². The largest absolute Gasteiger partial charge is 0.348 e. The molecule has 3 nitrogen and oxygen atoms in total. The Hall–Kier alpha value is -2.03. The van der Waals surface area contributed by atoms with E-state index in [1.807, 2.05) is 18.3 Å². The van der Waals surface area contributed by atoms with Crippen molar-refractivity contribution in [1.82, 2.24) is 14.5 Å². The van der Waals surface area contributed by atoms with Gasteiger partial charge in [0.25, 0.3) is 0 Å². The maximum atomic E-state index is 4.78. The third-order valence-electron chi connectivity index (χ3n) is 3.05. The summed E-state index contributed by atoms with van der Waals surface area (Å²) in [6, 6.07) is 12.3. The zero-order valence-corrected chi connectivity index (χ0v) is 10.9. The first-order chi connectivity index (χ1) is 8.57. The van der Waals surface area contributed by atoms with Crippen LogP contribution in [0.1, 0.15) is 26.6 Å². The molecular weight excluding hydrogens is 222 g/mol. The molecule has 0 bridgehead atoms. The van der Waals surface area contributed by atoms with Crippen molar-refractivity contribution < 1.29 is 0 Å². The first-order valence-corrected chi connectivity index (χ1v) is 6.19. The Morgan fingerprint density at radius 1 is 1.06 bits per heavy atom. The van der Waals surface area contributed by atoms with Crippen molar-refractivity contribution in [2.45, 2.75) is 26.2 Å². The fourth-order valence-electron chi connectivity index (χ4n) is 2.23. The van der Waals surface area contributed by atoms with Crippen LogP contribution in [0.2, 0.25) is 0 Å². The Labute approximate surface area is 106 Å². The Bertz CT molecular complexity index is 669. The number of rotatable bonds is 1. The predicted octanol–water partition coefficient (Wildman–Crippen LogP) is 3.65. The maximum absolute atomic E-state index is 4.78. The lowest BCUT2D eigenvalue weighted by molar-refractivity contribution is 0.538. The molecule has 0 spiro atoms. The van der Waals surface area contributed by atoms with Crippen molar-refractivity contribution in [3.63, 3.8) is 0 Å². The topological polar surface area (TPSA) is 33.6 Å². The molecule has 0 saturated heterocycles. The van der Waals surface area contributed by atoms with Crippen LogP contribution >= 0.6 is 0 Å². The minimum absolute atomic E-state index is 0.00410. The maximum Gasteiger partial charge on any atom is 0.121 e. The van der Waals surface area contributed by atoms with Crippen LogP contribution in [0.15, 0.2) is 42.6 Å². The van der Waals surface area contributed by atoms with Crippen molar-refractivity contribution >= 4 is 11.0 Å². The van der Waals surface area contributed by atoms with Gasteiger partial charge < -0.3 is 4.98 Å². The molecule has 1 aromatic carbocycles. The molecule has 18 heavy (non-hydrogen) atoms. The average Bonchev–Trinajstić information content (AvgIpc) is 2.94. The molecular formula is C15H17N3. The molecule has 3 heteroatoms. The van der Waals surface area contributed by atoms with E-state index in [0.29, 0.717) is 0 Å². The number of nitrogens with one attached hydrogen (secondary N) is 1. The Morgan fingerprint density at radius 2 is 1.83 bits per heavy atom. The fraction of sp³-hybridized carbons (Fsp3) is 0.267. The number of H-pyrrole nitrogens is 1. The molecule has 0 aliphatic heterocycles. The number of imidazole rings is 1. The van der Waals surface area contributed by atoms with E-state index in [0.717, 1.165) is 22.7 Å². The highest BCUT2D eigenvalue weighted by Gasteiger charge is 2.23. The van der Waals surface area contributed by atoms with E-state index < -0.39 is 0 Å². The highest BCUT2D eigenvalue weighted by atomic mass is 15.1. The molecule has 2 heterocycles. The highest BCUT2D eigenvalue weighted by Crippen LogP contribution is 2.28. The van der Waals surface area contributed by atoms with Crippen molar-refractivity contribution in [2.24, 2.45) is 0 Å². The monoisotopic (exact) mass is 239 g/mol.